The molecule has 0 aromatic heterocycles. The van der Waals surface area contributed by atoms with E-state index in [1.165, 1.54) is 33.5 Å². The van der Waals surface area contributed by atoms with Crippen LogP contribution in [-0.4, -0.2) is 56.9 Å². The summed E-state index contributed by atoms with van der Waals surface area (Å²) in [6, 6.07) is 11.3. The fraction of sp³-hybridized carbons (Fsp3) is 0.310. The zero-order valence-corrected chi connectivity index (χ0v) is 21.9. The Bertz CT molecular complexity index is 1490. The molecule has 0 radical (unpaired) electrons. The summed E-state index contributed by atoms with van der Waals surface area (Å²) in [6.45, 7) is 0.226. The van der Waals surface area contributed by atoms with Crippen molar-refractivity contribution in [1.82, 2.24) is 0 Å². The summed E-state index contributed by atoms with van der Waals surface area (Å²) in [5.74, 6) is -1.28. The predicted molar refractivity (Wildman–Crippen MR) is 139 cm³/mol. The molecule has 3 aliphatic rings. The minimum atomic E-state index is -0.655. The number of cyclic esters (lactones) is 1. The summed E-state index contributed by atoms with van der Waals surface area (Å²) in [5.41, 5.74) is 2.90. The Labute approximate surface area is 229 Å². The van der Waals surface area contributed by atoms with Crippen LogP contribution in [0.2, 0.25) is 0 Å². The molecule has 11 heteroatoms. The second-order valence-electron chi connectivity index (χ2n) is 9.75. The van der Waals surface area contributed by atoms with E-state index in [9.17, 15) is 19.8 Å². The first kappa shape index (κ1) is 25.5. The fourth-order valence-corrected chi connectivity index (χ4v) is 5.92. The number of fused-ring (bicyclic) bond motifs is 3. The molecule has 6 rings (SSSR count). The van der Waals surface area contributed by atoms with Crippen molar-refractivity contribution in [3.05, 3.63) is 64.7 Å². The number of ether oxygens (including phenoxy) is 6. The third kappa shape index (κ3) is 3.96. The molecular weight excluding hydrogens is 522 g/mol. The molecule has 3 N–H and O–H groups in total. The van der Waals surface area contributed by atoms with Gasteiger partial charge in [0.2, 0.25) is 12.5 Å². The van der Waals surface area contributed by atoms with Crippen molar-refractivity contribution in [2.75, 3.05) is 40.0 Å². The highest BCUT2D eigenvalue weighted by Crippen LogP contribution is 2.56. The number of phenols is 2. The van der Waals surface area contributed by atoms with Gasteiger partial charge < -0.3 is 44.0 Å². The number of anilines is 1. The first-order valence-corrected chi connectivity index (χ1v) is 12.6. The van der Waals surface area contributed by atoms with E-state index in [0.717, 1.165) is 11.1 Å². The van der Waals surface area contributed by atoms with Gasteiger partial charge in [-0.05, 0) is 53.1 Å². The van der Waals surface area contributed by atoms with Crippen LogP contribution < -0.4 is 24.3 Å². The minimum absolute atomic E-state index is 0.0352. The standard InChI is InChI=1S/C29H27NO10/c1-35-22-6-13(7-23(36-2)27(22)32)24-16-9-20-21(40-12-39-20)10-17(16)26(18-11-38-29(34)25(18)24)30-14-4-5-15(19(31)8-14)28(33)37-3/h4-10,18,24-26,30-32H,11-12H2,1-3H3/t18-,24+,25-,26+/m0/s1. The zero-order chi connectivity index (χ0) is 28.1. The Morgan fingerprint density at radius 2 is 1.60 bits per heavy atom. The van der Waals surface area contributed by atoms with Gasteiger partial charge in [-0.25, -0.2) is 4.79 Å². The van der Waals surface area contributed by atoms with Gasteiger partial charge in [0.25, 0.3) is 0 Å². The molecule has 208 valence electrons. The van der Waals surface area contributed by atoms with Crippen molar-refractivity contribution in [3.8, 4) is 34.5 Å². The van der Waals surface area contributed by atoms with E-state index in [0.29, 0.717) is 22.7 Å². The third-order valence-corrected chi connectivity index (χ3v) is 7.77. The maximum atomic E-state index is 13.3. The monoisotopic (exact) mass is 549 g/mol. The number of benzene rings is 3. The van der Waals surface area contributed by atoms with Crippen molar-refractivity contribution in [2.45, 2.75) is 12.0 Å². The van der Waals surface area contributed by atoms with Gasteiger partial charge in [-0.1, -0.05) is 0 Å². The van der Waals surface area contributed by atoms with Crippen LogP contribution in [0.3, 0.4) is 0 Å². The Morgan fingerprint density at radius 3 is 2.23 bits per heavy atom. The highest BCUT2D eigenvalue weighted by molar-refractivity contribution is 5.93. The largest absolute Gasteiger partial charge is 0.507 e. The molecule has 0 unspecified atom stereocenters. The molecule has 0 bridgehead atoms. The minimum Gasteiger partial charge on any atom is -0.507 e. The summed E-state index contributed by atoms with van der Waals surface area (Å²) in [7, 11) is 4.13. The van der Waals surface area contributed by atoms with E-state index in [1.807, 2.05) is 12.1 Å². The van der Waals surface area contributed by atoms with Gasteiger partial charge in [-0.3, -0.25) is 4.79 Å². The highest BCUT2D eigenvalue weighted by Gasteiger charge is 2.52. The number of carbonyl (C=O) groups excluding carboxylic acids is 2. The van der Waals surface area contributed by atoms with Gasteiger partial charge in [-0.15, -0.1) is 0 Å². The number of carbonyl (C=O) groups is 2. The average molecular weight is 550 g/mol. The van der Waals surface area contributed by atoms with Crippen LogP contribution in [0.1, 0.15) is 39.0 Å². The van der Waals surface area contributed by atoms with Crippen LogP contribution in [0.15, 0.2) is 42.5 Å². The predicted octanol–water partition coefficient (Wildman–Crippen LogP) is 3.72. The number of hydrogen-bond donors (Lipinski definition) is 3. The van der Waals surface area contributed by atoms with Gasteiger partial charge in [0, 0.05) is 23.6 Å². The van der Waals surface area contributed by atoms with Crippen LogP contribution in [0, 0.1) is 11.8 Å². The van der Waals surface area contributed by atoms with E-state index in [1.54, 1.807) is 18.2 Å². The first-order valence-electron chi connectivity index (χ1n) is 12.6. The lowest BCUT2D eigenvalue weighted by Gasteiger charge is -2.40. The van der Waals surface area contributed by atoms with Crippen molar-refractivity contribution in [2.24, 2.45) is 11.8 Å². The number of hydrogen-bond acceptors (Lipinski definition) is 11. The second kappa shape index (κ2) is 9.74. The normalized spacial score (nSPS) is 22.1. The molecule has 0 saturated carbocycles. The van der Waals surface area contributed by atoms with Crippen molar-refractivity contribution in [1.29, 1.82) is 0 Å². The first-order chi connectivity index (χ1) is 19.3. The molecular formula is C29H27NO10. The van der Waals surface area contributed by atoms with Crippen molar-refractivity contribution in [3.63, 3.8) is 0 Å². The Morgan fingerprint density at radius 1 is 0.925 bits per heavy atom. The maximum Gasteiger partial charge on any atom is 0.341 e. The molecule has 1 fully saturated rings. The number of esters is 2. The lowest BCUT2D eigenvalue weighted by molar-refractivity contribution is -0.141. The number of nitrogens with one attached hydrogen (secondary N) is 1. The molecule has 3 aromatic carbocycles. The second-order valence-corrected chi connectivity index (χ2v) is 9.75. The Kier molecular flexibility index (Phi) is 6.21. The Hall–Kier alpha value is -4.80. The number of aromatic hydroxyl groups is 2. The molecule has 11 nitrogen and oxygen atoms in total. The summed E-state index contributed by atoms with van der Waals surface area (Å²) in [5, 5.41) is 24.5. The molecule has 0 amide bonds. The van der Waals surface area contributed by atoms with Crippen LogP contribution in [0.25, 0.3) is 0 Å². The van der Waals surface area contributed by atoms with Crippen molar-refractivity contribution >= 4 is 17.6 Å². The van der Waals surface area contributed by atoms with Gasteiger partial charge in [0.05, 0.1) is 39.9 Å². The van der Waals surface area contributed by atoms with E-state index in [4.69, 9.17) is 28.4 Å². The lowest BCUT2D eigenvalue weighted by atomic mass is 9.65. The molecule has 4 atom stereocenters. The molecule has 1 aliphatic carbocycles. The third-order valence-electron chi connectivity index (χ3n) is 7.77. The van der Waals surface area contributed by atoms with E-state index in [2.05, 4.69) is 5.32 Å². The zero-order valence-electron chi connectivity index (χ0n) is 21.9. The molecule has 40 heavy (non-hydrogen) atoms. The summed E-state index contributed by atoms with van der Waals surface area (Å²) >= 11 is 0. The quantitative estimate of drug-likeness (QED) is 0.387. The average Bonchev–Trinajstić information content (AvgIpc) is 3.58. The smallest absolute Gasteiger partial charge is 0.341 e. The lowest BCUT2D eigenvalue weighted by Crippen LogP contribution is -2.37. The number of rotatable bonds is 6. The van der Waals surface area contributed by atoms with Crippen LogP contribution in [0.4, 0.5) is 5.69 Å². The molecule has 1 saturated heterocycles. The van der Waals surface area contributed by atoms with E-state index < -0.39 is 23.8 Å². The SMILES string of the molecule is COC(=O)c1ccc(N[C@@H]2c3cc4c(cc3[C@@H](c3cc(OC)c(O)c(OC)c3)[C@H]3C(=O)OC[C@@H]32)OCO4)cc1O. The summed E-state index contributed by atoms with van der Waals surface area (Å²) in [4.78, 5) is 25.3. The van der Waals surface area contributed by atoms with Crippen LogP contribution in [-0.2, 0) is 14.3 Å². The number of methoxy groups -OCH3 is 3. The number of phenolic OH excluding ortho intramolecular Hbond substituents is 2. The van der Waals surface area contributed by atoms with Crippen LogP contribution >= 0.6 is 0 Å². The van der Waals surface area contributed by atoms with E-state index in [-0.39, 0.29) is 53.8 Å². The highest BCUT2D eigenvalue weighted by atomic mass is 16.7. The van der Waals surface area contributed by atoms with Crippen LogP contribution in [0.5, 0.6) is 34.5 Å². The van der Waals surface area contributed by atoms with E-state index >= 15 is 0 Å². The molecule has 2 heterocycles. The van der Waals surface area contributed by atoms with Gasteiger partial charge in [0.15, 0.2) is 23.0 Å². The van der Waals surface area contributed by atoms with Gasteiger partial charge >= 0.3 is 11.9 Å². The maximum absolute atomic E-state index is 13.3. The summed E-state index contributed by atoms with van der Waals surface area (Å²) < 4.78 is 32.5. The fourth-order valence-electron chi connectivity index (χ4n) is 5.92. The van der Waals surface area contributed by atoms with Gasteiger partial charge in [0.1, 0.15) is 11.3 Å². The molecule has 2 aliphatic heterocycles. The Balaban J connectivity index is 1.50. The van der Waals surface area contributed by atoms with Crippen molar-refractivity contribution < 1.29 is 48.2 Å². The van der Waals surface area contributed by atoms with Gasteiger partial charge in [-0.2, -0.15) is 0 Å². The summed E-state index contributed by atoms with van der Waals surface area (Å²) in [6.07, 6.45) is 0. The molecule has 0 spiro atoms. The topological polar surface area (TPSA) is 142 Å². The molecule has 3 aromatic rings.